The molecule has 1 aliphatic carbocycles. The largest absolute Gasteiger partial charge is 0.389 e. The van der Waals surface area contributed by atoms with Crippen molar-refractivity contribution in [3.05, 3.63) is 23.8 Å². The number of ether oxygens (including phenoxy) is 1. The van der Waals surface area contributed by atoms with Crippen LogP contribution in [-0.2, 0) is 4.74 Å². The van der Waals surface area contributed by atoms with Crippen molar-refractivity contribution in [2.45, 2.75) is 50.5 Å². The van der Waals surface area contributed by atoms with Crippen LogP contribution in [0.25, 0.3) is 0 Å². The Morgan fingerprint density at radius 2 is 1.92 bits per heavy atom. The van der Waals surface area contributed by atoms with Crippen molar-refractivity contribution >= 4 is 5.91 Å². The van der Waals surface area contributed by atoms with E-state index < -0.39 is 5.60 Å². The van der Waals surface area contributed by atoms with Crippen LogP contribution in [-0.4, -0.2) is 57.8 Å². The van der Waals surface area contributed by atoms with Gasteiger partial charge in [0.15, 0.2) is 0 Å². The van der Waals surface area contributed by atoms with Crippen LogP contribution >= 0.6 is 0 Å². The summed E-state index contributed by atoms with van der Waals surface area (Å²) in [6.45, 7) is 4.68. The van der Waals surface area contributed by atoms with Gasteiger partial charge in [0.25, 0.3) is 5.91 Å². The third-order valence-corrected chi connectivity index (χ3v) is 6.21. The normalized spacial score (nSPS) is 31.1. The first kappa shape index (κ1) is 16.9. The van der Waals surface area contributed by atoms with Gasteiger partial charge >= 0.3 is 0 Å². The summed E-state index contributed by atoms with van der Waals surface area (Å²) in [6.07, 6.45) is 8.07. The van der Waals surface area contributed by atoms with E-state index in [0.29, 0.717) is 31.0 Å². The van der Waals surface area contributed by atoms with E-state index in [1.807, 2.05) is 4.90 Å². The van der Waals surface area contributed by atoms with Gasteiger partial charge in [0.2, 0.25) is 0 Å². The third kappa shape index (κ3) is 3.29. The van der Waals surface area contributed by atoms with Crippen LogP contribution in [0.1, 0.15) is 61.1 Å². The van der Waals surface area contributed by atoms with Crippen LogP contribution in [0, 0.1) is 11.8 Å². The molecule has 2 aliphatic heterocycles. The van der Waals surface area contributed by atoms with Crippen molar-refractivity contribution in [3.63, 3.8) is 0 Å². The van der Waals surface area contributed by atoms with Crippen molar-refractivity contribution < 1.29 is 14.6 Å². The molecule has 1 amide bonds. The molecule has 25 heavy (non-hydrogen) atoms. The maximum absolute atomic E-state index is 12.8. The first-order chi connectivity index (χ1) is 12.1. The first-order valence-corrected chi connectivity index (χ1v) is 9.49. The van der Waals surface area contributed by atoms with Crippen LogP contribution in [0.4, 0.5) is 0 Å². The number of rotatable bonds is 3. The molecule has 0 spiro atoms. The number of amides is 1. The molecule has 3 aliphatic rings. The molecule has 0 radical (unpaired) electrons. The Morgan fingerprint density at radius 1 is 1.24 bits per heavy atom. The SMILES string of the molecule is C[C@@H]1CN(C(=O)c2cnc(C3CC3)nc2)CC[C@@]1(O)C1CCOCC1. The molecule has 1 aromatic heterocycles. The fraction of sp³-hybridized carbons (Fsp3) is 0.737. The molecule has 4 rings (SSSR count). The number of carbonyl (C=O) groups excluding carboxylic acids is 1. The second kappa shape index (κ2) is 6.65. The van der Waals surface area contributed by atoms with Crippen molar-refractivity contribution in [2.75, 3.05) is 26.3 Å². The number of nitrogens with zero attached hydrogens (tertiary/aromatic N) is 3. The minimum Gasteiger partial charge on any atom is -0.389 e. The molecule has 1 saturated carbocycles. The topological polar surface area (TPSA) is 75.6 Å². The van der Waals surface area contributed by atoms with Crippen LogP contribution in [0.3, 0.4) is 0 Å². The Bertz CT molecular complexity index is 625. The molecule has 0 bridgehead atoms. The van der Waals surface area contributed by atoms with Gasteiger partial charge in [-0.3, -0.25) is 4.79 Å². The number of carbonyl (C=O) groups is 1. The molecule has 136 valence electrons. The van der Waals surface area contributed by atoms with Crippen LogP contribution < -0.4 is 0 Å². The van der Waals surface area contributed by atoms with E-state index in [0.717, 1.165) is 44.7 Å². The number of piperidine rings is 1. The van der Waals surface area contributed by atoms with Crippen LogP contribution in [0.5, 0.6) is 0 Å². The Kier molecular flexibility index (Phi) is 4.50. The zero-order valence-electron chi connectivity index (χ0n) is 14.9. The molecule has 6 nitrogen and oxygen atoms in total. The smallest absolute Gasteiger partial charge is 0.257 e. The summed E-state index contributed by atoms with van der Waals surface area (Å²) < 4.78 is 5.43. The number of likely N-dealkylation sites (tertiary alicyclic amines) is 1. The third-order valence-electron chi connectivity index (χ3n) is 6.21. The summed E-state index contributed by atoms with van der Waals surface area (Å²) in [5.74, 6) is 1.66. The molecule has 2 atom stereocenters. The number of aromatic nitrogens is 2. The van der Waals surface area contributed by atoms with E-state index in [4.69, 9.17) is 4.74 Å². The summed E-state index contributed by atoms with van der Waals surface area (Å²) in [5.41, 5.74) is -0.138. The fourth-order valence-corrected chi connectivity index (χ4v) is 4.31. The zero-order valence-corrected chi connectivity index (χ0v) is 14.9. The van der Waals surface area contributed by atoms with Gasteiger partial charge < -0.3 is 14.7 Å². The maximum Gasteiger partial charge on any atom is 0.257 e. The predicted octanol–water partition coefficient (Wildman–Crippen LogP) is 1.99. The first-order valence-electron chi connectivity index (χ1n) is 9.49. The molecular weight excluding hydrogens is 318 g/mol. The maximum atomic E-state index is 12.8. The molecular formula is C19H27N3O3. The van der Waals surface area contributed by atoms with Crippen molar-refractivity contribution in [2.24, 2.45) is 11.8 Å². The van der Waals surface area contributed by atoms with Gasteiger partial charge in [0, 0.05) is 50.5 Å². The average molecular weight is 345 g/mol. The molecule has 1 N–H and O–H groups in total. The predicted molar refractivity (Wildman–Crippen MR) is 92.2 cm³/mol. The molecule has 0 unspecified atom stereocenters. The lowest BCUT2D eigenvalue weighted by Crippen LogP contribution is -2.56. The Hall–Kier alpha value is -1.53. The average Bonchev–Trinajstić information content (AvgIpc) is 3.49. The highest BCUT2D eigenvalue weighted by atomic mass is 16.5. The van der Waals surface area contributed by atoms with Gasteiger partial charge in [-0.2, -0.15) is 0 Å². The summed E-state index contributed by atoms with van der Waals surface area (Å²) >= 11 is 0. The Balaban J connectivity index is 1.41. The molecule has 2 saturated heterocycles. The summed E-state index contributed by atoms with van der Waals surface area (Å²) in [5, 5.41) is 11.2. The zero-order chi connectivity index (χ0) is 17.4. The fourth-order valence-electron chi connectivity index (χ4n) is 4.31. The van der Waals surface area contributed by atoms with E-state index >= 15 is 0 Å². The molecule has 6 heteroatoms. The quantitative estimate of drug-likeness (QED) is 0.907. The standard InChI is InChI=1S/C19H27N3O3/c1-13-12-22(7-6-19(13,24)16-4-8-25-9-5-16)18(23)15-10-20-17(21-11-15)14-2-3-14/h10-11,13-14,16,24H,2-9,12H2,1H3/t13-,19+/m1/s1. The monoisotopic (exact) mass is 345 g/mol. The van der Waals surface area contributed by atoms with Gasteiger partial charge in [-0.25, -0.2) is 9.97 Å². The van der Waals surface area contributed by atoms with Crippen molar-refractivity contribution in [1.29, 1.82) is 0 Å². The molecule has 0 aromatic carbocycles. The second-order valence-electron chi connectivity index (χ2n) is 7.88. The van der Waals surface area contributed by atoms with Crippen molar-refractivity contribution in [3.8, 4) is 0 Å². The summed E-state index contributed by atoms with van der Waals surface area (Å²) in [4.78, 5) is 23.3. The minimum atomic E-state index is -0.688. The molecule has 3 heterocycles. The van der Waals surface area contributed by atoms with E-state index in [-0.39, 0.29) is 17.7 Å². The van der Waals surface area contributed by atoms with E-state index in [1.54, 1.807) is 12.4 Å². The highest BCUT2D eigenvalue weighted by Gasteiger charge is 2.46. The lowest BCUT2D eigenvalue weighted by molar-refractivity contribution is -0.125. The van der Waals surface area contributed by atoms with E-state index in [9.17, 15) is 9.90 Å². The summed E-state index contributed by atoms with van der Waals surface area (Å²) in [7, 11) is 0. The van der Waals surface area contributed by atoms with Gasteiger partial charge in [-0.15, -0.1) is 0 Å². The van der Waals surface area contributed by atoms with Gasteiger partial charge in [0.05, 0.1) is 11.2 Å². The molecule has 3 fully saturated rings. The lowest BCUT2D eigenvalue weighted by Gasteiger charge is -2.48. The Labute approximate surface area is 148 Å². The lowest BCUT2D eigenvalue weighted by atomic mass is 9.70. The summed E-state index contributed by atoms with van der Waals surface area (Å²) in [6, 6.07) is 0. The second-order valence-corrected chi connectivity index (χ2v) is 7.88. The van der Waals surface area contributed by atoms with E-state index in [2.05, 4.69) is 16.9 Å². The number of aliphatic hydroxyl groups is 1. The van der Waals surface area contributed by atoms with Gasteiger partial charge in [-0.1, -0.05) is 6.92 Å². The number of hydrogen-bond donors (Lipinski definition) is 1. The number of hydrogen-bond acceptors (Lipinski definition) is 5. The highest BCUT2D eigenvalue weighted by Crippen LogP contribution is 2.40. The van der Waals surface area contributed by atoms with Crippen LogP contribution in [0.2, 0.25) is 0 Å². The van der Waals surface area contributed by atoms with Crippen LogP contribution in [0.15, 0.2) is 12.4 Å². The minimum absolute atomic E-state index is 0.0248. The van der Waals surface area contributed by atoms with Gasteiger partial charge in [0.1, 0.15) is 5.82 Å². The van der Waals surface area contributed by atoms with Gasteiger partial charge in [-0.05, 0) is 38.0 Å². The van der Waals surface area contributed by atoms with E-state index in [1.165, 1.54) is 0 Å². The Morgan fingerprint density at radius 3 is 2.52 bits per heavy atom. The highest BCUT2D eigenvalue weighted by molar-refractivity contribution is 5.93. The van der Waals surface area contributed by atoms with Crippen molar-refractivity contribution in [1.82, 2.24) is 14.9 Å². The molecule has 1 aromatic rings.